The van der Waals surface area contributed by atoms with Crippen molar-refractivity contribution in [1.29, 1.82) is 0 Å². The van der Waals surface area contributed by atoms with E-state index in [0.29, 0.717) is 5.76 Å². The number of carbonyl (C=O) groups is 3. The van der Waals surface area contributed by atoms with Crippen LogP contribution in [0.15, 0.2) is 45.9 Å². The van der Waals surface area contributed by atoms with E-state index in [9.17, 15) is 24.5 Å². The number of hydrogen-bond acceptors (Lipinski definition) is 7. The quantitative estimate of drug-likeness (QED) is 0.324. The Morgan fingerprint density at radius 3 is 2.59 bits per heavy atom. The van der Waals surface area contributed by atoms with Crippen LogP contribution < -0.4 is 16.4 Å². The lowest BCUT2D eigenvalue weighted by molar-refractivity contribution is -0.387. The number of benzene rings is 1. The van der Waals surface area contributed by atoms with Crippen LogP contribution in [0.25, 0.3) is 0 Å². The van der Waals surface area contributed by atoms with E-state index in [2.05, 4.69) is 10.6 Å². The Labute approximate surface area is 157 Å². The van der Waals surface area contributed by atoms with E-state index in [1.165, 1.54) is 18.4 Å². The lowest BCUT2D eigenvalue weighted by Crippen LogP contribution is -2.37. The number of nitro groups is 1. The van der Waals surface area contributed by atoms with Gasteiger partial charge in [-0.25, -0.2) is 0 Å². The zero-order valence-electron chi connectivity index (χ0n) is 14.0. The number of primary amides is 1. The Kier molecular flexibility index (Phi) is 6.94. The van der Waals surface area contributed by atoms with Crippen molar-refractivity contribution in [2.24, 2.45) is 5.73 Å². The van der Waals surface area contributed by atoms with Crippen molar-refractivity contribution >= 4 is 35.2 Å². The molecule has 0 saturated carbocycles. The zero-order chi connectivity index (χ0) is 19.8. The number of hydrogen-bond donors (Lipinski definition) is 3. The molecule has 0 saturated heterocycles. The van der Waals surface area contributed by atoms with E-state index in [1.54, 1.807) is 12.1 Å². The van der Waals surface area contributed by atoms with Gasteiger partial charge in [0.05, 0.1) is 34.9 Å². The van der Waals surface area contributed by atoms with Crippen molar-refractivity contribution in [2.75, 3.05) is 12.3 Å². The smallest absolute Gasteiger partial charge is 0.283 e. The summed E-state index contributed by atoms with van der Waals surface area (Å²) < 4.78 is 5.06. The van der Waals surface area contributed by atoms with Crippen LogP contribution in [0.5, 0.6) is 0 Å². The first kappa shape index (κ1) is 20.0. The number of nitrogens with two attached hydrogens (primary N) is 1. The molecule has 0 radical (unpaired) electrons. The van der Waals surface area contributed by atoms with Crippen molar-refractivity contribution in [3.8, 4) is 0 Å². The molecule has 11 heteroatoms. The molecule has 27 heavy (non-hydrogen) atoms. The van der Waals surface area contributed by atoms with Gasteiger partial charge in [0.15, 0.2) is 0 Å². The van der Waals surface area contributed by atoms with Crippen molar-refractivity contribution in [3.05, 3.63) is 58.0 Å². The zero-order valence-corrected chi connectivity index (χ0v) is 14.8. The van der Waals surface area contributed by atoms with Gasteiger partial charge in [-0.05, 0) is 24.3 Å². The number of nitrogens with one attached hydrogen (secondary N) is 2. The van der Waals surface area contributed by atoms with E-state index in [-0.39, 0.29) is 35.0 Å². The molecule has 0 fully saturated rings. The van der Waals surface area contributed by atoms with E-state index >= 15 is 0 Å². The molecule has 0 aliphatic carbocycles. The monoisotopic (exact) mass is 392 g/mol. The van der Waals surface area contributed by atoms with Crippen LogP contribution in [0.4, 0.5) is 5.69 Å². The fraction of sp³-hybridized carbons (Fsp3) is 0.188. The van der Waals surface area contributed by atoms with Gasteiger partial charge in [-0.1, -0.05) is 0 Å². The highest BCUT2D eigenvalue weighted by atomic mass is 32.2. The minimum atomic E-state index is -0.784. The molecule has 0 aliphatic heterocycles. The number of thioether (sulfide) groups is 1. The Balaban J connectivity index is 1.81. The Hall–Kier alpha value is -3.34. The molecule has 1 heterocycles. The minimum absolute atomic E-state index is 0.00345. The largest absolute Gasteiger partial charge is 0.467 e. The Morgan fingerprint density at radius 1 is 1.19 bits per heavy atom. The van der Waals surface area contributed by atoms with E-state index in [0.717, 1.165) is 17.8 Å². The number of amides is 3. The molecule has 1 aromatic carbocycles. The first-order valence-electron chi connectivity index (χ1n) is 7.63. The maximum atomic E-state index is 11.8. The molecule has 0 atom stereocenters. The fourth-order valence-electron chi connectivity index (χ4n) is 1.97. The molecule has 2 aromatic rings. The van der Waals surface area contributed by atoms with Gasteiger partial charge in [0.25, 0.3) is 5.69 Å². The molecule has 0 unspecified atom stereocenters. The van der Waals surface area contributed by atoms with Crippen LogP contribution in [0, 0.1) is 10.1 Å². The van der Waals surface area contributed by atoms with Gasteiger partial charge in [-0.2, -0.15) is 0 Å². The van der Waals surface area contributed by atoms with Crippen LogP contribution in [-0.4, -0.2) is 34.9 Å². The van der Waals surface area contributed by atoms with Crippen LogP contribution in [0.3, 0.4) is 0 Å². The predicted molar refractivity (Wildman–Crippen MR) is 95.9 cm³/mol. The Morgan fingerprint density at radius 2 is 1.96 bits per heavy atom. The average molecular weight is 392 g/mol. The van der Waals surface area contributed by atoms with E-state index < -0.39 is 22.6 Å². The van der Waals surface area contributed by atoms with Gasteiger partial charge in [0, 0.05) is 11.6 Å². The van der Waals surface area contributed by atoms with Crippen molar-refractivity contribution in [3.63, 3.8) is 0 Å². The minimum Gasteiger partial charge on any atom is -0.467 e. The van der Waals surface area contributed by atoms with E-state index in [1.807, 2.05) is 0 Å². The second-order valence-corrected chi connectivity index (χ2v) is 6.24. The lowest BCUT2D eigenvalue weighted by atomic mass is 10.2. The summed E-state index contributed by atoms with van der Waals surface area (Å²) in [7, 11) is 0. The van der Waals surface area contributed by atoms with Crippen LogP contribution >= 0.6 is 11.8 Å². The Bertz CT molecular complexity index is 853. The van der Waals surface area contributed by atoms with Crippen molar-refractivity contribution < 1.29 is 23.7 Å². The van der Waals surface area contributed by atoms with Gasteiger partial charge in [0.1, 0.15) is 5.76 Å². The summed E-state index contributed by atoms with van der Waals surface area (Å²) >= 11 is 0.914. The molecule has 0 aliphatic rings. The van der Waals surface area contributed by atoms with E-state index in [4.69, 9.17) is 10.2 Å². The predicted octanol–water partition coefficient (Wildman–Crippen LogP) is 0.811. The summed E-state index contributed by atoms with van der Waals surface area (Å²) in [6.45, 7) is -0.0301. The van der Waals surface area contributed by atoms with Crippen LogP contribution in [-0.2, 0) is 16.1 Å². The molecule has 10 nitrogen and oxygen atoms in total. The molecule has 0 bridgehead atoms. The molecule has 2 rings (SSSR count). The normalized spacial score (nSPS) is 10.2. The van der Waals surface area contributed by atoms with Gasteiger partial charge >= 0.3 is 0 Å². The standard InChI is InChI=1S/C16H16N4O6S/c17-16(23)10-3-4-13(12(6-10)20(24)25)27-9-15(22)19-8-14(21)18-7-11-2-1-5-26-11/h1-6H,7-9H2,(H2,17,23)(H,18,21)(H,19,22). The van der Waals surface area contributed by atoms with Crippen LogP contribution in [0.2, 0.25) is 0 Å². The summed E-state index contributed by atoms with van der Waals surface area (Å²) in [6.07, 6.45) is 1.48. The van der Waals surface area contributed by atoms with Gasteiger partial charge < -0.3 is 20.8 Å². The highest BCUT2D eigenvalue weighted by Crippen LogP contribution is 2.29. The topological polar surface area (TPSA) is 158 Å². The van der Waals surface area contributed by atoms with Crippen LogP contribution in [0.1, 0.15) is 16.1 Å². The van der Waals surface area contributed by atoms with Gasteiger partial charge in [0.2, 0.25) is 17.7 Å². The first-order chi connectivity index (χ1) is 12.9. The summed E-state index contributed by atoms with van der Waals surface area (Å²) in [5.41, 5.74) is 4.79. The first-order valence-corrected chi connectivity index (χ1v) is 8.62. The maximum absolute atomic E-state index is 11.8. The molecular formula is C16H16N4O6S. The number of rotatable bonds is 9. The highest BCUT2D eigenvalue weighted by molar-refractivity contribution is 8.00. The average Bonchev–Trinajstić information content (AvgIpc) is 3.16. The SMILES string of the molecule is NC(=O)c1ccc(SCC(=O)NCC(=O)NCc2ccco2)c([N+](=O)[O-])c1. The summed E-state index contributed by atoms with van der Waals surface area (Å²) in [5.74, 6) is -1.21. The molecule has 0 spiro atoms. The highest BCUT2D eigenvalue weighted by Gasteiger charge is 2.18. The van der Waals surface area contributed by atoms with Gasteiger partial charge in [-0.3, -0.25) is 24.5 Å². The third-order valence-electron chi connectivity index (χ3n) is 3.28. The maximum Gasteiger partial charge on any atom is 0.283 e. The second-order valence-electron chi connectivity index (χ2n) is 5.23. The number of nitrogens with zero attached hydrogens (tertiary/aromatic N) is 1. The molecule has 142 valence electrons. The number of furan rings is 1. The molecule has 1 aromatic heterocycles. The number of nitro benzene ring substituents is 1. The fourth-order valence-corrected chi connectivity index (χ4v) is 2.80. The molecular weight excluding hydrogens is 376 g/mol. The van der Waals surface area contributed by atoms with Crippen molar-refractivity contribution in [2.45, 2.75) is 11.4 Å². The second kappa shape index (κ2) is 9.38. The third-order valence-corrected chi connectivity index (χ3v) is 4.35. The summed E-state index contributed by atoms with van der Waals surface area (Å²) in [4.78, 5) is 45.3. The number of carbonyl (C=O) groups excluding carboxylic acids is 3. The van der Waals surface area contributed by atoms with Crippen molar-refractivity contribution in [1.82, 2.24) is 10.6 Å². The van der Waals surface area contributed by atoms with Gasteiger partial charge in [-0.15, -0.1) is 11.8 Å². The third kappa shape index (κ3) is 6.15. The molecule has 4 N–H and O–H groups in total. The lowest BCUT2D eigenvalue weighted by Gasteiger charge is -2.07. The summed E-state index contributed by atoms with van der Waals surface area (Å²) in [5, 5.41) is 16.1. The molecule has 3 amide bonds. The summed E-state index contributed by atoms with van der Waals surface area (Å²) in [6, 6.07) is 7.15.